The van der Waals surface area contributed by atoms with E-state index in [1.807, 2.05) is 0 Å². The molecule has 2 heterocycles. The topological polar surface area (TPSA) is 8.17 Å². The summed E-state index contributed by atoms with van der Waals surface area (Å²) in [6, 6.07) is 2.94. The van der Waals surface area contributed by atoms with E-state index in [4.69, 9.17) is 0 Å². The molecule has 2 nitrogen and oxygen atoms in total. The van der Waals surface area contributed by atoms with Gasteiger partial charge in [0.05, 0.1) is 6.04 Å². The first kappa shape index (κ1) is 23.5. The second kappa shape index (κ2) is 10.9. The lowest BCUT2D eigenvalue weighted by Gasteiger charge is -2.55. The molecule has 0 aliphatic carbocycles. The Labute approximate surface area is 176 Å². The fourth-order valence-corrected chi connectivity index (χ4v) is 5.15. The van der Waals surface area contributed by atoms with Crippen LogP contribution in [0.15, 0.2) is 18.5 Å². The van der Waals surface area contributed by atoms with E-state index in [-0.39, 0.29) is 5.54 Å². The van der Waals surface area contributed by atoms with E-state index in [0.29, 0.717) is 11.6 Å². The molecule has 1 aliphatic rings. The van der Waals surface area contributed by atoms with Crippen LogP contribution in [-0.4, -0.2) is 27.6 Å². The predicted molar refractivity (Wildman–Crippen MR) is 124 cm³/mol. The molecular weight excluding hydrogens is 340 g/mol. The number of hydrogen-bond donors (Lipinski definition) is 0. The predicted octanol–water partition coefficient (Wildman–Crippen LogP) is 7.78. The van der Waals surface area contributed by atoms with Gasteiger partial charge in [-0.1, -0.05) is 64.7 Å². The van der Waals surface area contributed by atoms with Crippen molar-refractivity contribution in [3.05, 3.63) is 24.0 Å². The molecule has 1 aromatic rings. The van der Waals surface area contributed by atoms with Crippen LogP contribution in [0.3, 0.4) is 0 Å². The number of hydrogen-bond acceptors (Lipinski definition) is 1. The Balaban J connectivity index is 1.69. The lowest BCUT2D eigenvalue weighted by atomic mass is 9.77. The second-order valence-corrected chi connectivity index (χ2v) is 10.5. The number of likely N-dealkylation sites (N-methyl/N-ethyl adjacent to an activating group) is 1. The van der Waals surface area contributed by atoms with Crippen LogP contribution in [0.5, 0.6) is 0 Å². The number of piperidine rings is 1. The highest BCUT2D eigenvalue weighted by atomic mass is 15.3. The van der Waals surface area contributed by atoms with Crippen molar-refractivity contribution in [1.82, 2.24) is 9.47 Å². The summed E-state index contributed by atoms with van der Waals surface area (Å²) < 4.78 is 2.51. The van der Waals surface area contributed by atoms with Crippen molar-refractivity contribution in [3.8, 4) is 0 Å². The fourth-order valence-electron chi connectivity index (χ4n) is 5.15. The zero-order valence-corrected chi connectivity index (χ0v) is 19.9. The molecule has 1 unspecified atom stereocenters. The Kier molecular flexibility index (Phi) is 9.12. The zero-order chi connectivity index (χ0) is 20.6. The zero-order valence-electron chi connectivity index (χ0n) is 19.9. The van der Waals surface area contributed by atoms with Gasteiger partial charge >= 0.3 is 0 Å². The Bertz CT molecular complexity index is 555. The molecule has 2 rings (SSSR count). The average Bonchev–Trinajstić information content (AvgIpc) is 3.10. The summed E-state index contributed by atoms with van der Waals surface area (Å²) in [7, 11) is 2.31. The van der Waals surface area contributed by atoms with E-state index < -0.39 is 0 Å². The summed E-state index contributed by atoms with van der Waals surface area (Å²) >= 11 is 0. The van der Waals surface area contributed by atoms with Crippen molar-refractivity contribution in [2.24, 2.45) is 0 Å². The maximum Gasteiger partial charge on any atom is 0.0510 e. The van der Waals surface area contributed by atoms with Crippen molar-refractivity contribution in [3.63, 3.8) is 0 Å². The van der Waals surface area contributed by atoms with E-state index >= 15 is 0 Å². The minimum atomic E-state index is 0.190. The van der Waals surface area contributed by atoms with Crippen LogP contribution >= 0.6 is 0 Å². The second-order valence-electron chi connectivity index (χ2n) is 10.5. The monoisotopic (exact) mass is 388 g/mol. The number of unbranched alkanes of at least 4 members (excludes halogenated alkanes) is 9. The maximum atomic E-state index is 2.59. The quantitative estimate of drug-likeness (QED) is 0.332. The van der Waals surface area contributed by atoms with E-state index in [1.54, 1.807) is 0 Å². The van der Waals surface area contributed by atoms with Crippen molar-refractivity contribution in [1.29, 1.82) is 0 Å². The van der Waals surface area contributed by atoms with Gasteiger partial charge in [-0.15, -0.1) is 0 Å². The van der Waals surface area contributed by atoms with Crippen LogP contribution < -0.4 is 0 Å². The minimum absolute atomic E-state index is 0.190. The number of likely N-dealkylation sites (tertiary alicyclic amines) is 1. The summed E-state index contributed by atoms with van der Waals surface area (Å²) in [5.74, 6) is 0. The van der Waals surface area contributed by atoms with Gasteiger partial charge in [0.2, 0.25) is 0 Å². The van der Waals surface area contributed by atoms with Crippen molar-refractivity contribution in [2.75, 3.05) is 7.05 Å². The van der Waals surface area contributed by atoms with Crippen LogP contribution in [-0.2, 0) is 6.42 Å². The summed E-state index contributed by atoms with van der Waals surface area (Å²) in [6.07, 6.45) is 22.7. The Morgan fingerprint density at radius 1 is 0.893 bits per heavy atom. The largest absolute Gasteiger partial charge is 0.349 e. The number of aryl methyl sites for hydroxylation is 1. The molecule has 0 N–H and O–H groups in total. The smallest absolute Gasteiger partial charge is 0.0510 e. The summed E-state index contributed by atoms with van der Waals surface area (Å²) in [6.45, 7) is 11.9. The molecule has 1 fully saturated rings. The molecule has 0 aromatic carbocycles. The summed E-state index contributed by atoms with van der Waals surface area (Å²) in [5.41, 5.74) is 2.02. The molecule has 0 saturated carbocycles. The van der Waals surface area contributed by atoms with Crippen molar-refractivity contribution >= 4 is 0 Å². The molecule has 0 spiro atoms. The Hall–Kier alpha value is -0.760. The minimum Gasteiger partial charge on any atom is -0.349 e. The first-order chi connectivity index (χ1) is 13.3. The molecule has 162 valence electrons. The van der Waals surface area contributed by atoms with Gasteiger partial charge in [-0.25, -0.2) is 0 Å². The highest BCUT2D eigenvalue weighted by molar-refractivity contribution is 5.14. The highest BCUT2D eigenvalue weighted by Gasteiger charge is 2.45. The van der Waals surface area contributed by atoms with Crippen LogP contribution in [0.1, 0.15) is 123 Å². The van der Waals surface area contributed by atoms with Gasteiger partial charge in [0.15, 0.2) is 0 Å². The molecule has 1 saturated heterocycles. The molecule has 2 heteroatoms. The number of nitrogens with zero attached hydrogens (tertiary/aromatic N) is 2. The molecule has 28 heavy (non-hydrogen) atoms. The van der Waals surface area contributed by atoms with Crippen LogP contribution in [0.2, 0.25) is 0 Å². The fraction of sp³-hybridized carbons (Fsp3) is 0.846. The SMILES string of the molecule is CCCCCCCCCCCCc1ccn(C2CCC(C)(C)N(C)C2(C)C)c1. The summed E-state index contributed by atoms with van der Waals surface area (Å²) in [4.78, 5) is 2.59. The Morgan fingerprint density at radius 2 is 1.46 bits per heavy atom. The first-order valence-corrected chi connectivity index (χ1v) is 12.2. The van der Waals surface area contributed by atoms with E-state index in [9.17, 15) is 0 Å². The van der Waals surface area contributed by atoms with E-state index in [1.165, 1.54) is 89.0 Å². The van der Waals surface area contributed by atoms with Crippen LogP contribution in [0, 0.1) is 0 Å². The van der Waals surface area contributed by atoms with Gasteiger partial charge < -0.3 is 4.57 Å². The lowest BCUT2D eigenvalue weighted by molar-refractivity contribution is -0.0386. The van der Waals surface area contributed by atoms with Crippen molar-refractivity contribution < 1.29 is 0 Å². The molecule has 1 aliphatic heterocycles. The van der Waals surface area contributed by atoms with Gasteiger partial charge in [-0.3, -0.25) is 4.90 Å². The maximum absolute atomic E-state index is 2.59. The first-order valence-electron chi connectivity index (χ1n) is 12.2. The third-order valence-electron chi connectivity index (χ3n) is 7.57. The van der Waals surface area contributed by atoms with Gasteiger partial charge in [0.1, 0.15) is 0 Å². The molecule has 0 bridgehead atoms. The normalized spacial score (nSPS) is 21.9. The highest BCUT2D eigenvalue weighted by Crippen LogP contribution is 2.43. The molecule has 0 amide bonds. The Morgan fingerprint density at radius 3 is 2.07 bits per heavy atom. The molecule has 0 radical (unpaired) electrons. The van der Waals surface area contributed by atoms with Gasteiger partial charge in [-0.2, -0.15) is 0 Å². The standard InChI is InChI=1S/C26H48N2/c1-7-8-9-10-11-12-13-14-15-16-17-23-19-21-28(22-23)24-18-20-25(2,3)27(6)26(24,4)5/h19,21-22,24H,7-18,20H2,1-6H3. The summed E-state index contributed by atoms with van der Waals surface area (Å²) in [5, 5.41) is 0. The van der Waals surface area contributed by atoms with Crippen LogP contribution in [0.4, 0.5) is 0 Å². The van der Waals surface area contributed by atoms with Gasteiger partial charge in [0.25, 0.3) is 0 Å². The third-order valence-corrected chi connectivity index (χ3v) is 7.57. The van der Waals surface area contributed by atoms with E-state index in [0.717, 1.165) is 0 Å². The van der Waals surface area contributed by atoms with Gasteiger partial charge in [0, 0.05) is 23.5 Å². The lowest BCUT2D eigenvalue weighted by Crippen LogP contribution is -2.60. The number of rotatable bonds is 12. The molecular formula is C26H48N2. The number of aromatic nitrogens is 1. The molecule has 1 aromatic heterocycles. The van der Waals surface area contributed by atoms with Crippen molar-refractivity contribution in [2.45, 2.75) is 135 Å². The third kappa shape index (κ3) is 6.37. The average molecular weight is 389 g/mol. The van der Waals surface area contributed by atoms with Crippen LogP contribution in [0.25, 0.3) is 0 Å². The molecule has 1 atom stereocenters. The van der Waals surface area contributed by atoms with E-state index in [2.05, 4.69) is 69.6 Å². The van der Waals surface area contributed by atoms with Gasteiger partial charge in [-0.05, 0) is 72.1 Å².